The Labute approximate surface area is 187 Å². The number of nitrogens with zero attached hydrogens (tertiary/aromatic N) is 1. The second-order valence-corrected chi connectivity index (χ2v) is 8.05. The number of Topliss-reactive ketones (excluding diaryl/α,β-unsaturated/α-hetero) is 1. The molecular formula is C25H27NO6. The van der Waals surface area contributed by atoms with Crippen molar-refractivity contribution in [2.45, 2.75) is 31.9 Å². The predicted octanol–water partition coefficient (Wildman–Crippen LogP) is 3.61. The summed E-state index contributed by atoms with van der Waals surface area (Å²) in [5.74, 6) is -0.283. The minimum atomic E-state index is -0.739. The molecule has 2 aromatic carbocycles. The first kappa shape index (κ1) is 21.9. The smallest absolute Gasteiger partial charge is 0.295 e. The van der Waals surface area contributed by atoms with E-state index in [4.69, 9.17) is 14.2 Å². The first-order valence-electron chi connectivity index (χ1n) is 10.6. The lowest BCUT2D eigenvalue weighted by Gasteiger charge is -2.27. The Balaban J connectivity index is 1.84. The van der Waals surface area contributed by atoms with Gasteiger partial charge < -0.3 is 24.2 Å². The van der Waals surface area contributed by atoms with Gasteiger partial charge in [-0.25, -0.2) is 0 Å². The lowest BCUT2D eigenvalue weighted by Crippen LogP contribution is -2.36. The van der Waals surface area contributed by atoms with Crippen LogP contribution in [-0.2, 0) is 14.3 Å². The van der Waals surface area contributed by atoms with E-state index in [0.717, 1.165) is 18.4 Å². The molecule has 0 bridgehead atoms. The van der Waals surface area contributed by atoms with Crippen LogP contribution in [0.4, 0.5) is 0 Å². The summed E-state index contributed by atoms with van der Waals surface area (Å²) in [6, 6.07) is 11.6. The highest BCUT2D eigenvalue weighted by atomic mass is 16.5. The monoisotopic (exact) mass is 437 g/mol. The second kappa shape index (κ2) is 9.04. The molecule has 1 N–H and O–H groups in total. The van der Waals surface area contributed by atoms with E-state index < -0.39 is 17.7 Å². The fourth-order valence-electron chi connectivity index (χ4n) is 4.42. The molecule has 32 heavy (non-hydrogen) atoms. The largest absolute Gasteiger partial charge is 0.507 e. The van der Waals surface area contributed by atoms with Crippen molar-refractivity contribution < 1.29 is 28.9 Å². The molecule has 2 fully saturated rings. The topological polar surface area (TPSA) is 85.3 Å². The lowest BCUT2D eigenvalue weighted by atomic mass is 9.94. The van der Waals surface area contributed by atoms with E-state index in [0.29, 0.717) is 29.2 Å². The van der Waals surface area contributed by atoms with Gasteiger partial charge in [-0.1, -0.05) is 12.1 Å². The summed E-state index contributed by atoms with van der Waals surface area (Å²) >= 11 is 0. The van der Waals surface area contributed by atoms with Gasteiger partial charge in [0.05, 0.1) is 31.9 Å². The minimum Gasteiger partial charge on any atom is -0.507 e. The maximum absolute atomic E-state index is 13.1. The van der Waals surface area contributed by atoms with Gasteiger partial charge in [0.15, 0.2) is 0 Å². The van der Waals surface area contributed by atoms with Gasteiger partial charge in [-0.05, 0) is 61.2 Å². The lowest BCUT2D eigenvalue weighted by molar-refractivity contribution is -0.140. The van der Waals surface area contributed by atoms with E-state index in [9.17, 15) is 14.7 Å². The summed E-state index contributed by atoms with van der Waals surface area (Å²) in [7, 11) is 3.13. The number of amides is 1. The number of aliphatic hydroxyl groups is 1. The van der Waals surface area contributed by atoms with Crippen LogP contribution < -0.4 is 9.47 Å². The number of ether oxygens (including phenoxy) is 3. The predicted molar refractivity (Wildman–Crippen MR) is 119 cm³/mol. The molecule has 168 valence electrons. The van der Waals surface area contributed by atoms with Gasteiger partial charge in [-0.2, -0.15) is 0 Å². The third-order valence-electron chi connectivity index (χ3n) is 6.04. The standard InChI is InChI=1S/C25H27NO6/c1-15-12-17(9-10-20(15)31-3)23(27)21-22(16-6-4-7-18(13-16)30-2)26(25(29)24(21)28)14-19-8-5-11-32-19/h4,6-7,9-10,12-13,19,22,27H,5,8,11,14H2,1-3H3/b23-21-. The molecule has 1 amide bonds. The molecule has 0 radical (unpaired) electrons. The molecule has 2 saturated heterocycles. The van der Waals surface area contributed by atoms with Crippen LogP contribution in [0.2, 0.25) is 0 Å². The Kier molecular flexibility index (Phi) is 6.19. The molecule has 2 aromatic rings. The van der Waals surface area contributed by atoms with E-state index in [2.05, 4.69) is 0 Å². The number of aryl methyl sites for hydroxylation is 1. The minimum absolute atomic E-state index is 0.0609. The van der Waals surface area contributed by atoms with Crippen molar-refractivity contribution in [2.24, 2.45) is 0 Å². The number of carbonyl (C=O) groups is 2. The summed E-state index contributed by atoms with van der Waals surface area (Å²) in [6.07, 6.45) is 1.61. The SMILES string of the molecule is COc1cccc(C2/C(=C(/O)c3ccc(OC)c(C)c3)C(=O)C(=O)N2CC2CCCO2)c1. The van der Waals surface area contributed by atoms with Gasteiger partial charge in [0.2, 0.25) is 0 Å². The van der Waals surface area contributed by atoms with E-state index >= 15 is 0 Å². The molecule has 2 heterocycles. The zero-order chi connectivity index (χ0) is 22.8. The molecule has 0 spiro atoms. The zero-order valence-corrected chi connectivity index (χ0v) is 18.5. The molecule has 2 aliphatic rings. The summed E-state index contributed by atoms with van der Waals surface area (Å²) in [5, 5.41) is 11.2. The Bertz CT molecular complexity index is 1070. The average molecular weight is 437 g/mol. The van der Waals surface area contributed by atoms with Crippen LogP contribution >= 0.6 is 0 Å². The number of hydrogen-bond acceptors (Lipinski definition) is 6. The first-order valence-corrected chi connectivity index (χ1v) is 10.6. The number of carbonyl (C=O) groups excluding carboxylic acids is 2. The van der Waals surface area contributed by atoms with Crippen LogP contribution in [-0.4, -0.2) is 55.2 Å². The molecule has 0 aromatic heterocycles. The summed E-state index contributed by atoms with van der Waals surface area (Å²) in [5.41, 5.74) is 2.01. The van der Waals surface area contributed by atoms with Crippen LogP contribution in [0.5, 0.6) is 11.5 Å². The number of methoxy groups -OCH3 is 2. The summed E-state index contributed by atoms with van der Waals surface area (Å²) in [6.45, 7) is 2.78. The number of benzene rings is 2. The van der Waals surface area contributed by atoms with Crippen molar-refractivity contribution in [3.63, 3.8) is 0 Å². The molecule has 2 aliphatic heterocycles. The summed E-state index contributed by atoms with van der Waals surface area (Å²) < 4.78 is 16.4. The van der Waals surface area contributed by atoms with Crippen molar-refractivity contribution >= 4 is 17.4 Å². The highest BCUT2D eigenvalue weighted by Crippen LogP contribution is 2.41. The van der Waals surface area contributed by atoms with Gasteiger partial charge in [-0.15, -0.1) is 0 Å². The Hall–Kier alpha value is -3.32. The van der Waals surface area contributed by atoms with Gasteiger partial charge in [0.1, 0.15) is 17.3 Å². The zero-order valence-electron chi connectivity index (χ0n) is 18.5. The fourth-order valence-corrected chi connectivity index (χ4v) is 4.42. The van der Waals surface area contributed by atoms with Crippen molar-refractivity contribution in [1.82, 2.24) is 4.90 Å². The number of rotatable bonds is 6. The maximum atomic E-state index is 13.1. The van der Waals surface area contributed by atoms with E-state index in [1.54, 1.807) is 50.6 Å². The molecule has 7 nitrogen and oxygen atoms in total. The molecular weight excluding hydrogens is 410 g/mol. The van der Waals surface area contributed by atoms with E-state index in [-0.39, 0.29) is 24.0 Å². The molecule has 2 atom stereocenters. The normalized spacial score (nSPS) is 22.4. The van der Waals surface area contributed by atoms with Gasteiger partial charge in [0, 0.05) is 18.7 Å². The van der Waals surface area contributed by atoms with Crippen molar-refractivity contribution in [3.05, 3.63) is 64.7 Å². The highest BCUT2D eigenvalue weighted by Gasteiger charge is 2.47. The third-order valence-corrected chi connectivity index (χ3v) is 6.04. The molecule has 4 rings (SSSR count). The van der Waals surface area contributed by atoms with Gasteiger partial charge in [-0.3, -0.25) is 9.59 Å². The van der Waals surface area contributed by atoms with Crippen LogP contribution in [0.1, 0.15) is 35.6 Å². The van der Waals surface area contributed by atoms with Crippen molar-refractivity contribution in [3.8, 4) is 11.5 Å². The van der Waals surface area contributed by atoms with Crippen molar-refractivity contribution in [1.29, 1.82) is 0 Å². The van der Waals surface area contributed by atoms with Crippen LogP contribution in [0.3, 0.4) is 0 Å². The van der Waals surface area contributed by atoms with E-state index in [1.165, 1.54) is 4.90 Å². The molecule has 2 unspecified atom stereocenters. The van der Waals surface area contributed by atoms with Crippen LogP contribution in [0, 0.1) is 6.92 Å². The first-order chi connectivity index (χ1) is 15.4. The number of ketones is 1. The number of hydrogen-bond donors (Lipinski definition) is 1. The Morgan fingerprint density at radius 3 is 2.62 bits per heavy atom. The number of aliphatic hydroxyl groups excluding tert-OH is 1. The highest BCUT2D eigenvalue weighted by molar-refractivity contribution is 6.46. The fraction of sp³-hybridized carbons (Fsp3) is 0.360. The van der Waals surface area contributed by atoms with Crippen LogP contribution in [0.25, 0.3) is 5.76 Å². The van der Waals surface area contributed by atoms with Gasteiger partial charge in [0.25, 0.3) is 11.7 Å². The quantitative estimate of drug-likeness (QED) is 0.422. The third kappa shape index (κ3) is 3.96. The summed E-state index contributed by atoms with van der Waals surface area (Å²) in [4.78, 5) is 27.7. The number of likely N-dealkylation sites (tertiary alicyclic amines) is 1. The average Bonchev–Trinajstić information content (AvgIpc) is 3.41. The Morgan fingerprint density at radius 2 is 1.97 bits per heavy atom. The van der Waals surface area contributed by atoms with Crippen molar-refractivity contribution in [2.75, 3.05) is 27.4 Å². The van der Waals surface area contributed by atoms with Crippen LogP contribution in [0.15, 0.2) is 48.0 Å². The van der Waals surface area contributed by atoms with E-state index in [1.807, 2.05) is 13.0 Å². The Morgan fingerprint density at radius 1 is 1.16 bits per heavy atom. The second-order valence-electron chi connectivity index (χ2n) is 8.05. The molecule has 0 saturated carbocycles. The molecule has 0 aliphatic carbocycles. The molecule has 7 heteroatoms. The van der Waals surface area contributed by atoms with Gasteiger partial charge >= 0.3 is 0 Å². The maximum Gasteiger partial charge on any atom is 0.295 e.